The van der Waals surface area contributed by atoms with Crippen molar-refractivity contribution in [3.63, 3.8) is 0 Å². The summed E-state index contributed by atoms with van der Waals surface area (Å²) in [5, 5.41) is 13.0. The number of aromatic nitrogens is 3. The molecule has 3 rings (SSSR count). The van der Waals surface area contributed by atoms with Gasteiger partial charge in [-0.2, -0.15) is 0 Å². The number of carbonyl (C=O) groups is 1. The Morgan fingerprint density at radius 1 is 1.36 bits per heavy atom. The van der Waals surface area contributed by atoms with Crippen LogP contribution in [0.15, 0.2) is 42.1 Å². The average molecular weight is 419 g/mol. The Balaban J connectivity index is 1.73. The smallest absolute Gasteiger partial charge is 0.233 e. The summed E-state index contributed by atoms with van der Waals surface area (Å²) in [6, 6.07) is 7.78. The van der Waals surface area contributed by atoms with Crippen LogP contribution >= 0.6 is 23.4 Å². The molecule has 1 heterocycles. The first kappa shape index (κ1) is 20.9. The maximum Gasteiger partial charge on any atom is 0.233 e. The summed E-state index contributed by atoms with van der Waals surface area (Å²) in [6.07, 6.45) is 6.51. The third-order valence-corrected chi connectivity index (χ3v) is 6.55. The Bertz CT molecular complexity index is 820. The largest absolute Gasteiger partial charge is 0.352 e. The molecular weight excluding hydrogens is 392 g/mol. The third-order valence-electron chi connectivity index (χ3n) is 5.22. The van der Waals surface area contributed by atoms with Gasteiger partial charge in [0, 0.05) is 23.2 Å². The molecule has 0 aliphatic heterocycles. The number of benzene rings is 1. The van der Waals surface area contributed by atoms with E-state index >= 15 is 0 Å². The predicted octanol–water partition coefficient (Wildman–Crippen LogP) is 4.96. The molecule has 0 unspecified atom stereocenters. The van der Waals surface area contributed by atoms with Crippen LogP contribution in [0.2, 0.25) is 5.02 Å². The number of hydrogen-bond acceptors (Lipinski definition) is 4. The van der Waals surface area contributed by atoms with E-state index in [0.717, 1.165) is 17.8 Å². The molecule has 150 valence electrons. The van der Waals surface area contributed by atoms with Crippen LogP contribution in [0.4, 0.5) is 0 Å². The molecule has 0 spiro atoms. The molecule has 7 heteroatoms. The molecule has 1 aromatic carbocycles. The van der Waals surface area contributed by atoms with E-state index in [1.54, 1.807) is 6.08 Å². The zero-order valence-electron chi connectivity index (χ0n) is 16.4. The van der Waals surface area contributed by atoms with Crippen molar-refractivity contribution in [3.05, 3.63) is 41.9 Å². The van der Waals surface area contributed by atoms with Crippen molar-refractivity contribution in [2.24, 2.45) is 5.92 Å². The number of allylic oxidation sites excluding steroid dienone is 1. The molecular formula is C21H27ClN4OS. The lowest BCUT2D eigenvalue weighted by molar-refractivity contribution is -0.121. The Labute approximate surface area is 176 Å². The molecule has 0 saturated heterocycles. The number of nitrogens with one attached hydrogen (secondary N) is 1. The minimum Gasteiger partial charge on any atom is -0.352 e. The van der Waals surface area contributed by atoms with E-state index < -0.39 is 0 Å². The highest BCUT2D eigenvalue weighted by molar-refractivity contribution is 8.00. The van der Waals surface area contributed by atoms with E-state index in [1.807, 2.05) is 35.8 Å². The van der Waals surface area contributed by atoms with Crippen molar-refractivity contribution in [1.82, 2.24) is 20.1 Å². The second-order valence-electron chi connectivity index (χ2n) is 7.35. The Hall–Kier alpha value is -1.79. The van der Waals surface area contributed by atoms with Crippen LogP contribution in [0.25, 0.3) is 11.4 Å². The van der Waals surface area contributed by atoms with E-state index in [2.05, 4.69) is 29.0 Å². The van der Waals surface area contributed by atoms with Gasteiger partial charge in [0.15, 0.2) is 11.0 Å². The van der Waals surface area contributed by atoms with Gasteiger partial charge in [0.1, 0.15) is 0 Å². The van der Waals surface area contributed by atoms with Gasteiger partial charge in [-0.25, -0.2) is 0 Å². The minimum atomic E-state index is -0.250. The lowest BCUT2D eigenvalue weighted by Crippen LogP contribution is -2.44. The van der Waals surface area contributed by atoms with Gasteiger partial charge in [0.25, 0.3) is 0 Å². The van der Waals surface area contributed by atoms with Gasteiger partial charge >= 0.3 is 0 Å². The molecule has 2 aromatic rings. The van der Waals surface area contributed by atoms with Crippen LogP contribution in [0.5, 0.6) is 0 Å². The van der Waals surface area contributed by atoms with Gasteiger partial charge in [-0.1, -0.05) is 49.2 Å². The Kier molecular flexibility index (Phi) is 7.18. The van der Waals surface area contributed by atoms with Crippen molar-refractivity contribution in [1.29, 1.82) is 0 Å². The van der Waals surface area contributed by atoms with E-state index in [9.17, 15) is 4.79 Å². The fraction of sp³-hybridized carbons (Fsp3) is 0.476. The topological polar surface area (TPSA) is 59.8 Å². The van der Waals surface area contributed by atoms with E-state index in [0.29, 0.717) is 22.6 Å². The van der Waals surface area contributed by atoms with Gasteiger partial charge in [0.05, 0.1) is 5.25 Å². The minimum absolute atomic E-state index is 0.0601. The molecule has 1 fully saturated rings. The second kappa shape index (κ2) is 9.61. The molecule has 3 atom stereocenters. The fourth-order valence-electron chi connectivity index (χ4n) is 3.52. The predicted molar refractivity (Wildman–Crippen MR) is 116 cm³/mol. The standard InChI is InChI=1S/C21H27ClN4OS/c1-4-13-26-19(16-9-11-17(22)12-10-16)24-25-21(26)28-15(3)20(27)23-18-8-6-5-7-14(18)2/h4,9-12,14-15,18H,1,5-8,13H2,2-3H3,(H,23,27)/t14-,15-,18-/m1/s1. The molecule has 5 nitrogen and oxygen atoms in total. The summed E-state index contributed by atoms with van der Waals surface area (Å²) in [6.45, 7) is 8.55. The van der Waals surface area contributed by atoms with Crippen molar-refractivity contribution >= 4 is 29.3 Å². The van der Waals surface area contributed by atoms with Crippen molar-refractivity contribution in [3.8, 4) is 11.4 Å². The van der Waals surface area contributed by atoms with Gasteiger partial charge in [-0.15, -0.1) is 16.8 Å². The zero-order valence-corrected chi connectivity index (χ0v) is 18.0. The highest BCUT2D eigenvalue weighted by Crippen LogP contribution is 2.29. The first-order valence-corrected chi connectivity index (χ1v) is 11.0. The summed E-state index contributed by atoms with van der Waals surface area (Å²) in [7, 11) is 0. The van der Waals surface area contributed by atoms with Gasteiger partial charge < -0.3 is 5.32 Å². The maximum atomic E-state index is 12.7. The molecule has 0 bridgehead atoms. The molecule has 1 amide bonds. The van der Waals surface area contributed by atoms with Crippen LogP contribution < -0.4 is 5.32 Å². The SMILES string of the molecule is C=CCn1c(S[C@H](C)C(=O)N[C@@H]2CCCC[C@H]2C)nnc1-c1ccc(Cl)cc1. The van der Waals surface area contributed by atoms with Gasteiger partial charge in [0.2, 0.25) is 5.91 Å². The normalized spacial score (nSPS) is 20.5. The number of nitrogens with zero attached hydrogens (tertiary/aromatic N) is 3. The first-order chi connectivity index (χ1) is 13.5. The fourth-order valence-corrected chi connectivity index (χ4v) is 4.52. The molecule has 1 saturated carbocycles. The van der Waals surface area contributed by atoms with Crippen LogP contribution in [0.3, 0.4) is 0 Å². The van der Waals surface area contributed by atoms with Crippen LogP contribution in [-0.2, 0) is 11.3 Å². The lowest BCUT2D eigenvalue weighted by atomic mass is 9.86. The third kappa shape index (κ3) is 4.97. The van der Waals surface area contributed by atoms with Crippen molar-refractivity contribution in [2.45, 2.75) is 62.5 Å². The molecule has 1 aliphatic carbocycles. The van der Waals surface area contributed by atoms with Crippen molar-refractivity contribution < 1.29 is 4.79 Å². The molecule has 1 N–H and O–H groups in total. The number of amides is 1. The van der Waals surface area contributed by atoms with E-state index in [1.165, 1.54) is 31.0 Å². The summed E-state index contributed by atoms with van der Waals surface area (Å²) >= 11 is 7.42. The lowest BCUT2D eigenvalue weighted by Gasteiger charge is -2.30. The Morgan fingerprint density at radius 2 is 2.07 bits per heavy atom. The molecule has 0 radical (unpaired) electrons. The molecule has 28 heavy (non-hydrogen) atoms. The monoisotopic (exact) mass is 418 g/mol. The molecule has 1 aliphatic rings. The van der Waals surface area contributed by atoms with E-state index in [4.69, 9.17) is 11.6 Å². The summed E-state index contributed by atoms with van der Waals surface area (Å²) < 4.78 is 1.98. The first-order valence-electron chi connectivity index (χ1n) is 9.76. The summed E-state index contributed by atoms with van der Waals surface area (Å²) in [5.74, 6) is 1.34. The number of carbonyl (C=O) groups excluding carboxylic acids is 1. The number of rotatable bonds is 7. The van der Waals surface area contributed by atoms with Crippen molar-refractivity contribution in [2.75, 3.05) is 0 Å². The maximum absolute atomic E-state index is 12.7. The van der Waals surface area contributed by atoms with E-state index in [-0.39, 0.29) is 17.2 Å². The molecule has 1 aromatic heterocycles. The second-order valence-corrected chi connectivity index (χ2v) is 9.09. The average Bonchev–Trinajstić information content (AvgIpc) is 3.07. The van der Waals surface area contributed by atoms with Crippen LogP contribution in [0.1, 0.15) is 39.5 Å². The van der Waals surface area contributed by atoms with Crippen LogP contribution in [0, 0.1) is 5.92 Å². The number of hydrogen-bond donors (Lipinski definition) is 1. The van der Waals surface area contributed by atoms with Gasteiger partial charge in [-0.3, -0.25) is 9.36 Å². The zero-order chi connectivity index (χ0) is 20.1. The highest BCUT2D eigenvalue weighted by Gasteiger charge is 2.26. The van der Waals surface area contributed by atoms with Crippen LogP contribution in [-0.4, -0.2) is 32.0 Å². The highest BCUT2D eigenvalue weighted by atomic mass is 35.5. The summed E-state index contributed by atoms with van der Waals surface area (Å²) in [5.41, 5.74) is 0.929. The number of halogens is 1. The summed E-state index contributed by atoms with van der Waals surface area (Å²) in [4.78, 5) is 12.7. The van der Waals surface area contributed by atoms with Gasteiger partial charge in [-0.05, 0) is 49.9 Å². The quantitative estimate of drug-likeness (QED) is 0.510. The Morgan fingerprint density at radius 3 is 2.75 bits per heavy atom. The number of thioether (sulfide) groups is 1.